The summed E-state index contributed by atoms with van der Waals surface area (Å²) in [7, 11) is 0. The van der Waals surface area contributed by atoms with Crippen molar-refractivity contribution in [3.8, 4) is 0 Å². The molecule has 1 aliphatic carbocycles. The number of nitrogens with zero attached hydrogens (tertiary/aromatic N) is 3. The zero-order valence-electron chi connectivity index (χ0n) is 19.2. The molecule has 0 saturated heterocycles. The van der Waals surface area contributed by atoms with Gasteiger partial charge in [0, 0.05) is 12.6 Å². The van der Waals surface area contributed by atoms with Crippen LogP contribution in [-0.4, -0.2) is 38.1 Å². The van der Waals surface area contributed by atoms with Gasteiger partial charge in [-0.15, -0.1) is 0 Å². The third-order valence-electron chi connectivity index (χ3n) is 6.82. The first-order chi connectivity index (χ1) is 15.3. The predicted octanol–water partition coefficient (Wildman–Crippen LogP) is 4.40. The number of hydrogen-bond donors (Lipinski definition) is 1. The molecule has 0 bridgehead atoms. The lowest BCUT2D eigenvalue weighted by molar-refractivity contribution is -0.134. The van der Waals surface area contributed by atoms with E-state index in [1.807, 2.05) is 19.9 Å². The average molecular weight is 441 g/mol. The van der Waals surface area contributed by atoms with Crippen molar-refractivity contribution >= 4 is 11.8 Å². The van der Waals surface area contributed by atoms with Crippen LogP contribution in [0.1, 0.15) is 87.0 Å². The molecule has 2 aromatic rings. The van der Waals surface area contributed by atoms with Gasteiger partial charge in [-0.3, -0.25) is 14.3 Å². The van der Waals surface area contributed by atoms with Crippen LogP contribution in [0, 0.1) is 5.82 Å². The van der Waals surface area contributed by atoms with E-state index in [1.165, 1.54) is 25.0 Å². The van der Waals surface area contributed by atoms with E-state index in [1.54, 1.807) is 28.6 Å². The van der Waals surface area contributed by atoms with Crippen molar-refractivity contribution in [2.24, 2.45) is 0 Å². The highest BCUT2D eigenvalue weighted by molar-refractivity contribution is 5.99. The first-order valence-electron chi connectivity index (χ1n) is 11.7. The van der Waals surface area contributed by atoms with E-state index in [0.717, 1.165) is 31.4 Å². The Bertz CT molecular complexity index is 994. The Morgan fingerprint density at radius 2 is 1.94 bits per heavy atom. The lowest BCUT2D eigenvalue weighted by Crippen LogP contribution is -2.64. The number of carbonyl (C=O) groups is 2. The Balaban J connectivity index is 1.68. The van der Waals surface area contributed by atoms with Gasteiger partial charge in [0.2, 0.25) is 5.91 Å². The molecule has 32 heavy (non-hydrogen) atoms. The maximum absolute atomic E-state index is 13.9. The highest BCUT2D eigenvalue weighted by Gasteiger charge is 2.48. The molecule has 2 amide bonds. The first-order valence-corrected chi connectivity index (χ1v) is 11.7. The van der Waals surface area contributed by atoms with E-state index in [-0.39, 0.29) is 42.7 Å². The van der Waals surface area contributed by atoms with Gasteiger partial charge >= 0.3 is 0 Å². The quantitative estimate of drug-likeness (QED) is 0.701. The van der Waals surface area contributed by atoms with Crippen LogP contribution in [0.2, 0.25) is 0 Å². The van der Waals surface area contributed by atoms with Gasteiger partial charge in [0.25, 0.3) is 5.91 Å². The minimum absolute atomic E-state index is 0.123. The van der Waals surface area contributed by atoms with Gasteiger partial charge in [0.05, 0.1) is 12.2 Å². The Morgan fingerprint density at radius 1 is 1.22 bits per heavy atom. The minimum atomic E-state index is -1.12. The van der Waals surface area contributed by atoms with Gasteiger partial charge in [-0.05, 0) is 49.4 Å². The molecule has 2 heterocycles. The summed E-state index contributed by atoms with van der Waals surface area (Å²) < 4.78 is 15.5. The van der Waals surface area contributed by atoms with E-state index in [9.17, 15) is 14.0 Å². The number of benzene rings is 1. The number of halogens is 1. The van der Waals surface area contributed by atoms with Crippen LogP contribution < -0.4 is 5.32 Å². The van der Waals surface area contributed by atoms with Gasteiger partial charge < -0.3 is 10.2 Å². The molecule has 1 atom stereocenters. The fraction of sp³-hybridized carbons (Fsp3) is 0.560. The van der Waals surface area contributed by atoms with Crippen molar-refractivity contribution in [3.05, 3.63) is 53.1 Å². The molecule has 0 radical (unpaired) electrons. The molecule has 1 saturated carbocycles. The lowest BCUT2D eigenvalue weighted by atomic mass is 9.93. The van der Waals surface area contributed by atoms with Crippen molar-refractivity contribution in [1.29, 1.82) is 0 Å². The smallest absolute Gasteiger partial charge is 0.273 e. The molecule has 1 fully saturated rings. The molecule has 1 aromatic carbocycles. The molecule has 1 aromatic heterocycles. The van der Waals surface area contributed by atoms with Crippen LogP contribution in [0.4, 0.5) is 4.39 Å². The highest BCUT2D eigenvalue weighted by Crippen LogP contribution is 2.31. The fourth-order valence-corrected chi connectivity index (χ4v) is 4.77. The van der Waals surface area contributed by atoms with Crippen molar-refractivity contribution in [2.75, 3.05) is 0 Å². The zero-order valence-corrected chi connectivity index (χ0v) is 19.2. The van der Waals surface area contributed by atoms with Crippen LogP contribution >= 0.6 is 0 Å². The van der Waals surface area contributed by atoms with Crippen molar-refractivity contribution < 1.29 is 14.0 Å². The number of aromatic nitrogens is 2. The second kappa shape index (κ2) is 9.04. The lowest BCUT2D eigenvalue weighted by Gasteiger charge is -2.44. The van der Waals surface area contributed by atoms with Gasteiger partial charge in [0.1, 0.15) is 17.1 Å². The number of fused-ring (bicyclic) bond motifs is 1. The molecule has 6 nitrogen and oxygen atoms in total. The second-order valence-corrected chi connectivity index (χ2v) is 9.72. The fourth-order valence-electron chi connectivity index (χ4n) is 4.77. The molecule has 2 aliphatic rings. The van der Waals surface area contributed by atoms with Crippen LogP contribution in [0.3, 0.4) is 0 Å². The van der Waals surface area contributed by atoms with Crippen LogP contribution in [0.15, 0.2) is 30.3 Å². The Labute approximate surface area is 189 Å². The Hall–Kier alpha value is -2.70. The number of amides is 2. The summed E-state index contributed by atoms with van der Waals surface area (Å²) in [4.78, 5) is 28.8. The molecule has 0 spiro atoms. The summed E-state index contributed by atoms with van der Waals surface area (Å²) in [6.45, 7) is 6.29. The van der Waals surface area contributed by atoms with Crippen molar-refractivity contribution in [1.82, 2.24) is 20.0 Å². The van der Waals surface area contributed by atoms with Crippen LogP contribution in [0.25, 0.3) is 0 Å². The number of hydrogen-bond acceptors (Lipinski definition) is 3. The number of carbonyl (C=O) groups excluding carboxylic acids is 2. The molecule has 7 heteroatoms. The number of rotatable bonds is 5. The monoisotopic (exact) mass is 440 g/mol. The molecule has 172 valence electrons. The summed E-state index contributed by atoms with van der Waals surface area (Å²) in [5.41, 5.74) is 0.837. The molecular weight excluding hydrogens is 407 g/mol. The zero-order chi connectivity index (χ0) is 22.9. The maximum atomic E-state index is 13.9. The first kappa shape index (κ1) is 22.5. The Kier molecular flexibility index (Phi) is 6.35. The summed E-state index contributed by atoms with van der Waals surface area (Å²) in [5, 5.41) is 7.85. The van der Waals surface area contributed by atoms with E-state index in [0.29, 0.717) is 11.3 Å². The highest BCUT2D eigenvalue weighted by atomic mass is 19.1. The van der Waals surface area contributed by atoms with Gasteiger partial charge in [-0.2, -0.15) is 5.10 Å². The molecular formula is C25H33FN4O2. The van der Waals surface area contributed by atoms with Gasteiger partial charge in [0.15, 0.2) is 0 Å². The van der Waals surface area contributed by atoms with Crippen molar-refractivity contribution in [3.63, 3.8) is 0 Å². The third kappa shape index (κ3) is 4.43. The van der Waals surface area contributed by atoms with E-state index in [4.69, 9.17) is 0 Å². The predicted molar refractivity (Wildman–Crippen MR) is 121 cm³/mol. The number of nitrogens with one attached hydrogen (secondary N) is 1. The summed E-state index contributed by atoms with van der Waals surface area (Å²) in [6.07, 6.45) is 6.53. The normalized spacial score (nSPS) is 22.0. The van der Waals surface area contributed by atoms with Gasteiger partial charge in [-0.25, -0.2) is 4.39 Å². The van der Waals surface area contributed by atoms with E-state index >= 15 is 0 Å². The van der Waals surface area contributed by atoms with Gasteiger partial charge in [-0.1, -0.05) is 51.7 Å². The Morgan fingerprint density at radius 3 is 2.59 bits per heavy atom. The third-order valence-corrected chi connectivity index (χ3v) is 6.82. The second-order valence-electron chi connectivity index (χ2n) is 9.72. The largest absolute Gasteiger partial charge is 0.351 e. The maximum Gasteiger partial charge on any atom is 0.273 e. The van der Waals surface area contributed by atoms with Crippen LogP contribution in [-0.2, 0) is 17.9 Å². The average Bonchev–Trinajstić information content (AvgIpc) is 3.00. The minimum Gasteiger partial charge on any atom is -0.351 e. The summed E-state index contributed by atoms with van der Waals surface area (Å²) >= 11 is 0. The standard InChI is InChI=1S/C25H33FN4O2/c1-17(2)21-14-22-23(31)29(15-18-9-8-10-19(26)13-18)25(3,16-30(22)28-21)24(32)27-20-11-6-4-5-7-12-20/h8-10,13-14,17,20H,4-7,11-12,15-16H2,1-3H3,(H,27,32)/t25-/m1/s1. The van der Waals surface area contributed by atoms with E-state index < -0.39 is 5.54 Å². The summed E-state index contributed by atoms with van der Waals surface area (Å²) in [6, 6.07) is 8.15. The van der Waals surface area contributed by atoms with Crippen molar-refractivity contribution in [2.45, 2.75) is 89.9 Å². The molecule has 4 rings (SSSR count). The van der Waals surface area contributed by atoms with Crippen LogP contribution in [0.5, 0.6) is 0 Å². The molecule has 1 aliphatic heterocycles. The molecule has 0 unspecified atom stereocenters. The molecule has 1 N–H and O–H groups in total. The van der Waals surface area contributed by atoms with E-state index in [2.05, 4.69) is 10.4 Å². The summed E-state index contributed by atoms with van der Waals surface area (Å²) in [5.74, 6) is -0.604. The topological polar surface area (TPSA) is 67.2 Å². The SMILES string of the molecule is CC(C)c1cc2n(n1)C[C@](C)(C(=O)NC1CCCCCC1)N(Cc1cccc(F)c1)C2=O.